The van der Waals surface area contributed by atoms with Crippen molar-refractivity contribution in [3.63, 3.8) is 0 Å². The Balaban J connectivity index is 2.39. The van der Waals surface area contributed by atoms with E-state index in [1.165, 1.54) is 6.20 Å². The fraction of sp³-hybridized carbons (Fsp3) is 0.333. The summed E-state index contributed by atoms with van der Waals surface area (Å²) in [5.41, 5.74) is 7.01. The molecule has 74 valence electrons. The molecule has 0 fully saturated rings. The van der Waals surface area contributed by atoms with Crippen LogP contribution in [0.2, 0.25) is 0 Å². The number of aromatic nitrogens is 2. The van der Waals surface area contributed by atoms with Gasteiger partial charge in [0.25, 0.3) is 0 Å². The van der Waals surface area contributed by atoms with Gasteiger partial charge in [-0.3, -0.25) is 0 Å². The second-order valence-electron chi connectivity index (χ2n) is 3.34. The Morgan fingerprint density at radius 2 is 2.21 bits per heavy atom. The number of anilines is 1. The Bertz CT molecular complexity index is 431. The van der Waals surface area contributed by atoms with Crippen LogP contribution in [0.4, 0.5) is 5.88 Å². The summed E-state index contributed by atoms with van der Waals surface area (Å²) in [7, 11) is 0. The maximum Gasteiger partial charge on any atom is 0.234 e. The lowest BCUT2D eigenvalue weighted by atomic mass is 10.2. The fourth-order valence-electron chi connectivity index (χ4n) is 1.08. The van der Waals surface area contributed by atoms with Crippen molar-refractivity contribution in [2.75, 3.05) is 5.73 Å². The molecule has 0 unspecified atom stereocenters. The molecule has 2 aromatic heterocycles. The highest BCUT2D eigenvalue weighted by molar-refractivity contribution is 5.64. The molecule has 14 heavy (non-hydrogen) atoms. The highest BCUT2D eigenvalue weighted by Crippen LogP contribution is 2.26. The molecule has 2 rings (SSSR count). The van der Waals surface area contributed by atoms with Crippen LogP contribution < -0.4 is 5.73 Å². The minimum absolute atomic E-state index is 0.224. The van der Waals surface area contributed by atoms with Gasteiger partial charge in [-0.25, -0.2) is 4.98 Å². The molecule has 0 aliphatic heterocycles. The second-order valence-corrected chi connectivity index (χ2v) is 3.34. The Kier molecular flexibility index (Phi) is 1.99. The maximum atomic E-state index is 5.53. The summed E-state index contributed by atoms with van der Waals surface area (Å²) in [5.74, 6) is 1.00. The van der Waals surface area contributed by atoms with E-state index in [0.717, 1.165) is 5.69 Å². The van der Waals surface area contributed by atoms with Crippen LogP contribution in [0.15, 0.2) is 21.4 Å². The maximum absolute atomic E-state index is 5.53. The summed E-state index contributed by atoms with van der Waals surface area (Å²) in [4.78, 5) is 4.27. The minimum Gasteiger partial charge on any atom is -0.444 e. The lowest BCUT2D eigenvalue weighted by Gasteiger charge is -1.94. The molecule has 0 atom stereocenters. The second kappa shape index (κ2) is 3.17. The van der Waals surface area contributed by atoms with E-state index in [1.54, 1.807) is 6.26 Å². The molecule has 0 aromatic carbocycles. The van der Waals surface area contributed by atoms with Crippen LogP contribution in [-0.2, 0) is 0 Å². The van der Waals surface area contributed by atoms with Gasteiger partial charge in [0.15, 0.2) is 0 Å². The van der Waals surface area contributed by atoms with Crippen molar-refractivity contribution in [3.8, 4) is 11.5 Å². The predicted octanol–water partition coefficient (Wildman–Crippen LogP) is 2.04. The van der Waals surface area contributed by atoms with Crippen LogP contribution in [0.25, 0.3) is 11.5 Å². The first-order valence-corrected chi connectivity index (χ1v) is 4.34. The standard InChI is InChI=1S/C9H11N3O2/c1-5(2)7-4-13-9(12-7)6-3-11-14-8(6)10/h3-5H,10H2,1-2H3. The number of rotatable bonds is 2. The summed E-state index contributed by atoms with van der Waals surface area (Å²) < 4.78 is 9.98. The first-order chi connectivity index (χ1) is 6.68. The van der Waals surface area contributed by atoms with E-state index in [2.05, 4.69) is 10.1 Å². The zero-order chi connectivity index (χ0) is 10.1. The number of nitrogen functional groups attached to an aromatic ring is 1. The molecule has 0 amide bonds. The highest BCUT2D eigenvalue weighted by Gasteiger charge is 2.14. The summed E-state index contributed by atoms with van der Waals surface area (Å²) in [5, 5.41) is 3.55. The molecule has 0 aliphatic rings. The molecule has 0 aliphatic carbocycles. The molecule has 0 spiro atoms. The van der Waals surface area contributed by atoms with E-state index in [-0.39, 0.29) is 5.88 Å². The van der Waals surface area contributed by atoms with E-state index in [4.69, 9.17) is 14.7 Å². The third-order valence-electron chi connectivity index (χ3n) is 1.94. The van der Waals surface area contributed by atoms with Crippen molar-refractivity contribution in [1.29, 1.82) is 0 Å². The van der Waals surface area contributed by atoms with Gasteiger partial charge in [0.05, 0.1) is 11.9 Å². The topological polar surface area (TPSA) is 78.1 Å². The van der Waals surface area contributed by atoms with E-state index in [9.17, 15) is 0 Å². The van der Waals surface area contributed by atoms with Gasteiger partial charge in [0, 0.05) is 0 Å². The van der Waals surface area contributed by atoms with Crippen molar-refractivity contribution in [2.45, 2.75) is 19.8 Å². The van der Waals surface area contributed by atoms with Gasteiger partial charge in [-0.2, -0.15) is 0 Å². The average Bonchev–Trinajstić information content (AvgIpc) is 2.71. The van der Waals surface area contributed by atoms with Gasteiger partial charge in [-0.15, -0.1) is 0 Å². The van der Waals surface area contributed by atoms with Crippen molar-refractivity contribution in [1.82, 2.24) is 10.1 Å². The normalized spacial score (nSPS) is 11.1. The fourth-order valence-corrected chi connectivity index (χ4v) is 1.08. The largest absolute Gasteiger partial charge is 0.444 e. The Labute approximate surface area is 80.9 Å². The predicted molar refractivity (Wildman–Crippen MR) is 50.5 cm³/mol. The number of nitrogens with zero attached hydrogens (tertiary/aromatic N) is 2. The zero-order valence-corrected chi connectivity index (χ0v) is 8.02. The number of hydrogen-bond donors (Lipinski definition) is 1. The van der Waals surface area contributed by atoms with Gasteiger partial charge in [0.2, 0.25) is 11.8 Å². The third-order valence-corrected chi connectivity index (χ3v) is 1.94. The lowest BCUT2D eigenvalue weighted by molar-refractivity contribution is 0.436. The highest BCUT2D eigenvalue weighted by atomic mass is 16.5. The number of oxazole rings is 1. The molecule has 5 heteroatoms. The van der Waals surface area contributed by atoms with Crippen molar-refractivity contribution in [2.24, 2.45) is 0 Å². The molecular weight excluding hydrogens is 182 g/mol. The first-order valence-electron chi connectivity index (χ1n) is 4.34. The molecular formula is C9H11N3O2. The van der Waals surface area contributed by atoms with E-state index >= 15 is 0 Å². The van der Waals surface area contributed by atoms with E-state index < -0.39 is 0 Å². The quantitative estimate of drug-likeness (QED) is 0.789. The Hall–Kier alpha value is -1.78. The number of nitrogens with two attached hydrogens (primary N) is 1. The molecule has 2 aromatic rings. The van der Waals surface area contributed by atoms with E-state index in [1.807, 2.05) is 13.8 Å². The van der Waals surface area contributed by atoms with Crippen LogP contribution in [0, 0.1) is 0 Å². The summed E-state index contributed by atoms with van der Waals surface area (Å²) in [6, 6.07) is 0. The third kappa shape index (κ3) is 1.37. The Morgan fingerprint density at radius 3 is 2.71 bits per heavy atom. The van der Waals surface area contributed by atoms with Crippen molar-refractivity contribution in [3.05, 3.63) is 18.2 Å². The monoisotopic (exact) mass is 193 g/mol. The Morgan fingerprint density at radius 1 is 1.43 bits per heavy atom. The van der Waals surface area contributed by atoms with Gasteiger partial charge >= 0.3 is 0 Å². The van der Waals surface area contributed by atoms with Crippen molar-refractivity contribution >= 4 is 5.88 Å². The van der Waals surface area contributed by atoms with Crippen LogP contribution in [0.5, 0.6) is 0 Å². The number of hydrogen-bond acceptors (Lipinski definition) is 5. The van der Waals surface area contributed by atoms with Crippen molar-refractivity contribution < 1.29 is 8.94 Å². The molecule has 0 saturated heterocycles. The van der Waals surface area contributed by atoms with Gasteiger partial charge in [-0.05, 0) is 5.92 Å². The molecule has 2 N–H and O–H groups in total. The van der Waals surface area contributed by atoms with Crippen LogP contribution in [0.3, 0.4) is 0 Å². The SMILES string of the molecule is CC(C)c1coc(-c2cnoc2N)n1. The summed E-state index contributed by atoms with van der Waals surface area (Å²) in [6.07, 6.45) is 3.11. The van der Waals surface area contributed by atoms with Crippen LogP contribution >= 0.6 is 0 Å². The molecule has 0 radical (unpaired) electrons. The zero-order valence-electron chi connectivity index (χ0n) is 8.02. The summed E-state index contributed by atoms with van der Waals surface area (Å²) >= 11 is 0. The van der Waals surface area contributed by atoms with Gasteiger partial charge in [-0.1, -0.05) is 19.0 Å². The van der Waals surface area contributed by atoms with Gasteiger partial charge in [0.1, 0.15) is 11.8 Å². The molecule has 5 nitrogen and oxygen atoms in total. The molecule has 0 bridgehead atoms. The van der Waals surface area contributed by atoms with Crippen LogP contribution in [0.1, 0.15) is 25.5 Å². The summed E-state index contributed by atoms with van der Waals surface area (Å²) in [6.45, 7) is 4.08. The van der Waals surface area contributed by atoms with Crippen LogP contribution in [-0.4, -0.2) is 10.1 Å². The van der Waals surface area contributed by atoms with E-state index in [0.29, 0.717) is 17.4 Å². The van der Waals surface area contributed by atoms with Gasteiger partial charge < -0.3 is 14.7 Å². The lowest BCUT2D eigenvalue weighted by Crippen LogP contribution is -1.88. The first kappa shape index (κ1) is 8.80. The molecule has 0 saturated carbocycles. The average molecular weight is 193 g/mol. The molecule has 2 heterocycles. The minimum atomic E-state index is 0.224. The smallest absolute Gasteiger partial charge is 0.234 e.